The third-order valence-corrected chi connectivity index (χ3v) is 2.28. The maximum absolute atomic E-state index is 11.0. The molecule has 0 fully saturated rings. The molecule has 0 bridgehead atoms. The second-order valence-electron chi connectivity index (χ2n) is 4.14. The molecule has 0 aromatic carbocycles. The Kier molecular flexibility index (Phi) is 2.58. The third kappa shape index (κ3) is 1.75. The maximum Gasteiger partial charge on any atom is 0.355 e. The van der Waals surface area contributed by atoms with E-state index in [1.54, 1.807) is 6.92 Å². The molecule has 1 aromatic heterocycles. The maximum atomic E-state index is 11.0. The number of nitrogens with zero attached hydrogens (tertiary/aromatic N) is 2. The SMILES string of the molecule is Cc1nn(C(C)(C)C)c(C(=O)O)c1Cl. The van der Waals surface area contributed by atoms with Crippen LogP contribution in [0.5, 0.6) is 0 Å². The first kappa shape index (κ1) is 11.0. The predicted octanol–water partition coefficient (Wildman–Crippen LogP) is 2.30. The van der Waals surface area contributed by atoms with E-state index in [2.05, 4.69) is 5.10 Å². The number of carbonyl (C=O) groups is 1. The molecule has 1 rings (SSSR count). The van der Waals surface area contributed by atoms with Crippen LogP contribution >= 0.6 is 11.6 Å². The lowest BCUT2D eigenvalue weighted by atomic mass is 10.1. The molecule has 4 nitrogen and oxygen atoms in total. The molecule has 0 aliphatic carbocycles. The summed E-state index contributed by atoms with van der Waals surface area (Å²) < 4.78 is 1.44. The minimum absolute atomic E-state index is 0.0525. The zero-order valence-corrected chi connectivity index (χ0v) is 9.38. The Morgan fingerprint density at radius 3 is 2.29 bits per heavy atom. The molecule has 0 unspecified atom stereocenters. The van der Waals surface area contributed by atoms with Crippen molar-refractivity contribution in [1.29, 1.82) is 0 Å². The van der Waals surface area contributed by atoms with E-state index in [1.807, 2.05) is 20.8 Å². The second-order valence-corrected chi connectivity index (χ2v) is 4.51. The fraction of sp³-hybridized carbons (Fsp3) is 0.556. The Morgan fingerprint density at radius 2 is 2.00 bits per heavy atom. The number of aromatic carboxylic acids is 1. The molecule has 1 N–H and O–H groups in total. The summed E-state index contributed by atoms with van der Waals surface area (Å²) >= 11 is 5.85. The first-order chi connectivity index (χ1) is 6.25. The fourth-order valence-corrected chi connectivity index (χ4v) is 1.38. The number of carboxylic acids is 1. The standard InChI is InChI=1S/C9H13ClN2O2/c1-5-6(10)7(8(13)14)12(11-5)9(2,3)4/h1-4H3,(H,13,14). The van der Waals surface area contributed by atoms with Crippen molar-refractivity contribution in [3.05, 3.63) is 16.4 Å². The van der Waals surface area contributed by atoms with E-state index in [9.17, 15) is 4.79 Å². The van der Waals surface area contributed by atoms with Gasteiger partial charge in [0.2, 0.25) is 0 Å². The summed E-state index contributed by atoms with van der Waals surface area (Å²) in [6.07, 6.45) is 0. The lowest BCUT2D eigenvalue weighted by molar-refractivity contribution is 0.0675. The number of halogens is 1. The molecule has 0 aliphatic heterocycles. The van der Waals surface area contributed by atoms with Crippen molar-refractivity contribution in [3.8, 4) is 0 Å². The van der Waals surface area contributed by atoms with Crippen molar-refractivity contribution in [3.63, 3.8) is 0 Å². The lowest BCUT2D eigenvalue weighted by Gasteiger charge is -2.20. The van der Waals surface area contributed by atoms with Crippen LogP contribution in [0.1, 0.15) is 37.0 Å². The smallest absolute Gasteiger partial charge is 0.355 e. The zero-order chi connectivity index (χ0) is 11.1. The van der Waals surface area contributed by atoms with Crippen LogP contribution in [0.2, 0.25) is 5.02 Å². The molecule has 0 amide bonds. The molecular formula is C9H13ClN2O2. The highest BCUT2D eigenvalue weighted by molar-refractivity contribution is 6.33. The first-order valence-electron chi connectivity index (χ1n) is 4.24. The summed E-state index contributed by atoms with van der Waals surface area (Å²) in [5.41, 5.74) is 0.210. The van der Waals surface area contributed by atoms with Gasteiger partial charge in [0.05, 0.1) is 16.3 Å². The largest absolute Gasteiger partial charge is 0.476 e. The summed E-state index contributed by atoms with van der Waals surface area (Å²) in [5, 5.41) is 13.3. The van der Waals surface area contributed by atoms with Gasteiger partial charge in [-0.05, 0) is 27.7 Å². The molecule has 1 heterocycles. The van der Waals surface area contributed by atoms with Crippen molar-refractivity contribution in [2.75, 3.05) is 0 Å². The average molecular weight is 217 g/mol. The second kappa shape index (κ2) is 3.28. The molecular weight excluding hydrogens is 204 g/mol. The van der Waals surface area contributed by atoms with E-state index in [0.717, 1.165) is 0 Å². The Hall–Kier alpha value is -1.03. The summed E-state index contributed by atoms with van der Waals surface area (Å²) in [6.45, 7) is 7.32. The minimum Gasteiger partial charge on any atom is -0.476 e. The van der Waals surface area contributed by atoms with E-state index in [-0.39, 0.29) is 16.3 Å². The molecule has 0 saturated carbocycles. The molecule has 78 valence electrons. The van der Waals surface area contributed by atoms with Gasteiger partial charge in [-0.2, -0.15) is 5.10 Å². The molecule has 0 saturated heterocycles. The molecule has 1 aromatic rings. The van der Waals surface area contributed by atoms with Crippen LogP contribution in [-0.4, -0.2) is 20.9 Å². The van der Waals surface area contributed by atoms with Crippen LogP contribution in [-0.2, 0) is 5.54 Å². The number of hydrogen-bond donors (Lipinski definition) is 1. The number of rotatable bonds is 1. The Labute approximate surface area is 87.5 Å². The van der Waals surface area contributed by atoms with Gasteiger partial charge in [0.25, 0.3) is 0 Å². The number of hydrogen-bond acceptors (Lipinski definition) is 2. The highest BCUT2D eigenvalue weighted by atomic mass is 35.5. The van der Waals surface area contributed by atoms with E-state index < -0.39 is 5.97 Å². The van der Waals surface area contributed by atoms with E-state index >= 15 is 0 Å². The molecule has 0 aliphatic rings. The van der Waals surface area contributed by atoms with Crippen LogP contribution in [0.3, 0.4) is 0 Å². The monoisotopic (exact) mass is 216 g/mol. The van der Waals surface area contributed by atoms with Gasteiger partial charge in [-0.25, -0.2) is 4.79 Å². The van der Waals surface area contributed by atoms with Gasteiger partial charge in [0.15, 0.2) is 5.69 Å². The molecule has 0 radical (unpaired) electrons. The Balaban J connectivity index is 3.45. The number of aryl methyl sites for hydroxylation is 1. The Morgan fingerprint density at radius 1 is 1.50 bits per heavy atom. The van der Waals surface area contributed by atoms with Crippen LogP contribution in [0, 0.1) is 6.92 Å². The minimum atomic E-state index is -1.05. The van der Waals surface area contributed by atoms with Crippen LogP contribution < -0.4 is 0 Å². The summed E-state index contributed by atoms with van der Waals surface area (Å²) in [4.78, 5) is 11.0. The zero-order valence-electron chi connectivity index (χ0n) is 8.63. The van der Waals surface area contributed by atoms with Crippen molar-refractivity contribution < 1.29 is 9.90 Å². The number of aromatic nitrogens is 2. The van der Waals surface area contributed by atoms with Gasteiger partial charge in [-0.1, -0.05) is 11.6 Å². The quantitative estimate of drug-likeness (QED) is 0.784. The van der Waals surface area contributed by atoms with Gasteiger partial charge >= 0.3 is 5.97 Å². The van der Waals surface area contributed by atoms with Crippen LogP contribution in [0.25, 0.3) is 0 Å². The van der Waals surface area contributed by atoms with Gasteiger partial charge in [0.1, 0.15) is 0 Å². The molecule has 14 heavy (non-hydrogen) atoms. The predicted molar refractivity (Wildman–Crippen MR) is 53.9 cm³/mol. The van der Waals surface area contributed by atoms with E-state index in [1.165, 1.54) is 4.68 Å². The van der Waals surface area contributed by atoms with Crippen molar-refractivity contribution in [2.45, 2.75) is 33.2 Å². The normalized spacial score (nSPS) is 11.8. The summed E-state index contributed by atoms with van der Waals surface area (Å²) in [6, 6.07) is 0. The van der Waals surface area contributed by atoms with Crippen molar-refractivity contribution in [1.82, 2.24) is 9.78 Å². The highest BCUT2D eigenvalue weighted by Gasteiger charge is 2.26. The van der Waals surface area contributed by atoms with E-state index in [4.69, 9.17) is 16.7 Å². The highest BCUT2D eigenvalue weighted by Crippen LogP contribution is 2.25. The Bertz CT molecular complexity index is 377. The lowest BCUT2D eigenvalue weighted by Crippen LogP contribution is -2.27. The summed E-state index contributed by atoms with van der Waals surface area (Å²) in [5.74, 6) is -1.05. The first-order valence-corrected chi connectivity index (χ1v) is 4.62. The average Bonchev–Trinajstić information content (AvgIpc) is 2.27. The molecule has 0 spiro atoms. The van der Waals surface area contributed by atoms with Gasteiger partial charge in [-0.3, -0.25) is 4.68 Å². The van der Waals surface area contributed by atoms with Crippen LogP contribution in [0.4, 0.5) is 0 Å². The van der Waals surface area contributed by atoms with Gasteiger partial charge in [-0.15, -0.1) is 0 Å². The fourth-order valence-electron chi connectivity index (χ4n) is 1.18. The topological polar surface area (TPSA) is 55.1 Å². The van der Waals surface area contributed by atoms with Gasteiger partial charge in [0, 0.05) is 0 Å². The van der Waals surface area contributed by atoms with Crippen molar-refractivity contribution >= 4 is 17.6 Å². The van der Waals surface area contributed by atoms with Crippen molar-refractivity contribution in [2.24, 2.45) is 0 Å². The molecule has 0 atom stereocenters. The summed E-state index contributed by atoms with van der Waals surface area (Å²) in [7, 11) is 0. The number of carboxylic acid groups (broad SMARTS) is 1. The molecule has 5 heteroatoms. The third-order valence-electron chi connectivity index (χ3n) is 1.83. The van der Waals surface area contributed by atoms with Crippen LogP contribution in [0.15, 0.2) is 0 Å². The van der Waals surface area contributed by atoms with Gasteiger partial charge < -0.3 is 5.11 Å². The van der Waals surface area contributed by atoms with E-state index in [0.29, 0.717) is 5.69 Å².